The molecule has 0 amide bonds. The normalized spacial score (nSPS) is 38.8. The Morgan fingerprint density at radius 3 is 2.50 bits per heavy atom. The van der Waals surface area contributed by atoms with Gasteiger partial charge in [-0.15, -0.1) is 0 Å². The molecule has 3 fully saturated rings. The molecule has 0 aromatic rings. The van der Waals surface area contributed by atoms with Crippen molar-refractivity contribution >= 4 is 0 Å². The fourth-order valence-electron chi connectivity index (χ4n) is 7.06. The van der Waals surface area contributed by atoms with Gasteiger partial charge in [-0.1, -0.05) is 64.8 Å². The lowest BCUT2D eigenvalue weighted by Crippen LogP contribution is -2.45. The first kappa shape index (κ1) is 25.7. The molecule has 182 valence electrons. The summed E-state index contributed by atoms with van der Waals surface area (Å²) >= 11 is 0. The van der Waals surface area contributed by atoms with Crippen LogP contribution < -0.4 is 0 Å². The Balaban J connectivity index is 1.72. The number of allylic oxidation sites excluding steroid dienone is 3. The Labute approximate surface area is 196 Å². The summed E-state index contributed by atoms with van der Waals surface area (Å²) in [6, 6.07) is 0. The molecule has 3 rings (SSSR count). The van der Waals surface area contributed by atoms with Gasteiger partial charge in [0, 0.05) is 5.41 Å². The predicted molar refractivity (Wildman–Crippen MR) is 133 cm³/mol. The summed E-state index contributed by atoms with van der Waals surface area (Å²) < 4.78 is 0. The Kier molecular flexibility index (Phi) is 7.55. The van der Waals surface area contributed by atoms with Crippen molar-refractivity contribution in [3.63, 3.8) is 0 Å². The van der Waals surface area contributed by atoms with Gasteiger partial charge in [-0.3, -0.25) is 0 Å². The van der Waals surface area contributed by atoms with Gasteiger partial charge in [0.2, 0.25) is 0 Å². The quantitative estimate of drug-likeness (QED) is 0.448. The molecule has 3 N–H and O–H groups in total. The van der Waals surface area contributed by atoms with Crippen molar-refractivity contribution in [1.29, 1.82) is 0 Å². The van der Waals surface area contributed by atoms with Crippen LogP contribution in [0.25, 0.3) is 0 Å². The SMILES string of the molecule is C=C1/C(=C\C=C2/CCC[C@]3(C)[C@@H]([C@H](C)CCCC(C)(C)O)CC[C@@H]23)C[C@@H](O)C(C)(C)[C@@H]1O. The first-order chi connectivity index (χ1) is 14.8. The summed E-state index contributed by atoms with van der Waals surface area (Å²) in [6.07, 6.45) is 13.2. The zero-order valence-electron chi connectivity index (χ0n) is 21.5. The van der Waals surface area contributed by atoms with Crippen LogP contribution in [0.3, 0.4) is 0 Å². The molecule has 3 nitrogen and oxygen atoms in total. The third kappa shape index (κ3) is 5.10. The molecule has 0 unspecified atom stereocenters. The maximum absolute atomic E-state index is 10.7. The highest BCUT2D eigenvalue weighted by Crippen LogP contribution is 2.60. The molecule has 3 aliphatic carbocycles. The molecule has 0 bridgehead atoms. The highest BCUT2D eigenvalue weighted by atomic mass is 16.3. The molecule has 0 aliphatic heterocycles. The molecule has 6 atom stereocenters. The Morgan fingerprint density at radius 2 is 1.84 bits per heavy atom. The Morgan fingerprint density at radius 1 is 1.16 bits per heavy atom. The molecular weight excluding hydrogens is 396 g/mol. The van der Waals surface area contributed by atoms with E-state index in [9.17, 15) is 15.3 Å². The maximum atomic E-state index is 10.7. The van der Waals surface area contributed by atoms with Crippen LogP contribution in [0.4, 0.5) is 0 Å². The average molecular weight is 445 g/mol. The largest absolute Gasteiger partial charge is 0.392 e. The minimum atomic E-state index is -0.701. The van der Waals surface area contributed by atoms with Gasteiger partial charge >= 0.3 is 0 Å². The number of fused-ring (bicyclic) bond motifs is 1. The van der Waals surface area contributed by atoms with Crippen LogP contribution in [0, 0.1) is 28.6 Å². The summed E-state index contributed by atoms with van der Waals surface area (Å²) in [6.45, 7) is 16.8. The van der Waals surface area contributed by atoms with Crippen LogP contribution in [0.5, 0.6) is 0 Å². The molecular formula is C29H48O3. The lowest BCUT2D eigenvalue weighted by atomic mass is 9.60. The zero-order chi connectivity index (χ0) is 23.9. The molecule has 3 saturated carbocycles. The molecule has 3 heteroatoms. The smallest absolute Gasteiger partial charge is 0.0862 e. The maximum Gasteiger partial charge on any atom is 0.0862 e. The third-order valence-electron chi connectivity index (χ3n) is 9.39. The topological polar surface area (TPSA) is 60.7 Å². The average Bonchev–Trinajstić information content (AvgIpc) is 3.05. The lowest BCUT2D eigenvalue weighted by Gasteiger charge is -2.44. The van der Waals surface area contributed by atoms with Crippen molar-refractivity contribution in [3.05, 3.63) is 35.5 Å². The fourth-order valence-corrected chi connectivity index (χ4v) is 7.06. The first-order valence-electron chi connectivity index (χ1n) is 12.9. The molecule has 0 spiro atoms. The van der Waals surface area contributed by atoms with Gasteiger partial charge in [-0.2, -0.15) is 0 Å². The van der Waals surface area contributed by atoms with Crippen LogP contribution in [-0.4, -0.2) is 33.1 Å². The molecule has 0 radical (unpaired) electrons. The summed E-state index contributed by atoms with van der Waals surface area (Å²) in [5.41, 5.74) is 2.57. The van der Waals surface area contributed by atoms with E-state index in [0.717, 1.165) is 36.3 Å². The highest BCUT2D eigenvalue weighted by molar-refractivity contribution is 5.40. The third-order valence-corrected chi connectivity index (χ3v) is 9.39. The molecule has 32 heavy (non-hydrogen) atoms. The summed E-state index contributed by atoms with van der Waals surface area (Å²) in [5, 5.41) is 31.3. The molecule has 0 aromatic carbocycles. The van der Waals surface area contributed by atoms with Crippen molar-refractivity contribution < 1.29 is 15.3 Å². The number of hydrogen-bond acceptors (Lipinski definition) is 3. The van der Waals surface area contributed by atoms with E-state index in [4.69, 9.17) is 0 Å². The van der Waals surface area contributed by atoms with Gasteiger partial charge in [-0.25, -0.2) is 0 Å². The summed E-state index contributed by atoms with van der Waals surface area (Å²) in [5.74, 6) is 2.08. The van der Waals surface area contributed by atoms with E-state index in [2.05, 4.69) is 32.6 Å². The van der Waals surface area contributed by atoms with Gasteiger partial charge in [0.05, 0.1) is 17.8 Å². The van der Waals surface area contributed by atoms with E-state index >= 15 is 0 Å². The Bertz CT molecular complexity index is 753. The van der Waals surface area contributed by atoms with Crippen LogP contribution >= 0.6 is 0 Å². The van der Waals surface area contributed by atoms with E-state index in [1.54, 1.807) is 5.57 Å². The van der Waals surface area contributed by atoms with Gasteiger partial charge in [0.1, 0.15) is 0 Å². The van der Waals surface area contributed by atoms with Crippen molar-refractivity contribution in [2.24, 2.45) is 28.6 Å². The van der Waals surface area contributed by atoms with Crippen molar-refractivity contribution in [3.8, 4) is 0 Å². The van der Waals surface area contributed by atoms with Crippen LogP contribution in [0.15, 0.2) is 35.5 Å². The van der Waals surface area contributed by atoms with Gasteiger partial charge in [-0.05, 0) is 93.1 Å². The van der Waals surface area contributed by atoms with Gasteiger partial charge < -0.3 is 15.3 Å². The van der Waals surface area contributed by atoms with E-state index in [1.807, 2.05) is 27.7 Å². The van der Waals surface area contributed by atoms with Crippen molar-refractivity contribution in [2.75, 3.05) is 0 Å². The van der Waals surface area contributed by atoms with Crippen LogP contribution in [-0.2, 0) is 0 Å². The first-order valence-corrected chi connectivity index (χ1v) is 12.9. The number of aliphatic hydroxyl groups is 3. The minimum absolute atomic E-state index is 0.362. The monoisotopic (exact) mass is 444 g/mol. The number of aliphatic hydroxyl groups excluding tert-OH is 2. The Hall–Kier alpha value is -0.900. The molecule has 0 heterocycles. The minimum Gasteiger partial charge on any atom is -0.392 e. The standard InChI is InChI=1S/C29H48O3/c1-19(10-8-16-27(3,4)32)23-14-15-24-21(11-9-17-29(23,24)7)12-13-22-18-25(30)28(5,6)26(31)20(22)2/h12-13,19,23-26,30-32H,2,8-11,14-18H2,1,3-7H3/b21-12+,22-13-/t19-,23-,24+,25-,26-,29-/m1/s1. The van der Waals surface area contributed by atoms with Gasteiger partial charge in [0.15, 0.2) is 0 Å². The van der Waals surface area contributed by atoms with Crippen LogP contribution in [0.2, 0.25) is 0 Å². The number of hydrogen-bond donors (Lipinski definition) is 3. The second-order valence-electron chi connectivity index (χ2n) is 12.7. The fraction of sp³-hybridized carbons (Fsp3) is 0.793. The van der Waals surface area contributed by atoms with E-state index in [0.29, 0.717) is 23.7 Å². The summed E-state index contributed by atoms with van der Waals surface area (Å²) in [7, 11) is 0. The van der Waals surface area contributed by atoms with Crippen molar-refractivity contribution in [1.82, 2.24) is 0 Å². The van der Waals surface area contributed by atoms with E-state index in [1.165, 1.54) is 32.1 Å². The highest BCUT2D eigenvalue weighted by Gasteiger charge is 2.50. The van der Waals surface area contributed by atoms with Crippen LogP contribution in [0.1, 0.15) is 99.3 Å². The molecule has 3 aliphatic rings. The second-order valence-corrected chi connectivity index (χ2v) is 12.7. The molecule has 0 saturated heterocycles. The van der Waals surface area contributed by atoms with Crippen molar-refractivity contribution in [2.45, 2.75) is 117 Å². The second kappa shape index (κ2) is 9.39. The van der Waals surface area contributed by atoms with E-state index < -0.39 is 23.2 Å². The van der Waals surface area contributed by atoms with E-state index in [-0.39, 0.29) is 0 Å². The zero-order valence-corrected chi connectivity index (χ0v) is 21.5. The lowest BCUT2D eigenvalue weighted by molar-refractivity contribution is -0.0404. The number of rotatable bonds is 6. The van der Waals surface area contributed by atoms with Gasteiger partial charge in [0.25, 0.3) is 0 Å². The predicted octanol–water partition coefficient (Wildman–Crippen LogP) is 6.34. The molecule has 0 aromatic heterocycles. The summed E-state index contributed by atoms with van der Waals surface area (Å²) in [4.78, 5) is 0.